The van der Waals surface area contributed by atoms with Gasteiger partial charge in [0.25, 0.3) is 0 Å². The lowest BCUT2D eigenvalue weighted by atomic mass is 9.94. The van der Waals surface area contributed by atoms with Crippen molar-refractivity contribution in [3.05, 3.63) is 17.5 Å². The molecule has 1 atom stereocenters. The molecule has 0 bridgehead atoms. The topological polar surface area (TPSA) is 52.7 Å². The highest BCUT2D eigenvalue weighted by Crippen LogP contribution is 2.24. The van der Waals surface area contributed by atoms with Crippen LogP contribution in [-0.4, -0.2) is 59.4 Å². The molecule has 0 aromatic carbocycles. The van der Waals surface area contributed by atoms with E-state index in [1.54, 1.807) is 0 Å². The zero-order valence-corrected chi connectivity index (χ0v) is 12.9. The van der Waals surface area contributed by atoms with E-state index < -0.39 is 5.60 Å². The first kappa shape index (κ1) is 15.5. The molecule has 0 amide bonds. The maximum Gasteiger partial charge on any atom is 0.150 e. The first-order chi connectivity index (χ1) is 9.50. The summed E-state index contributed by atoms with van der Waals surface area (Å²) in [6.45, 7) is 5.54. The van der Waals surface area contributed by atoms with Crippen LogP contribution in [0.15, 0.2) is 10.6 Å². The molecule has 1 aromatic heterocycles. The number of rotatable bonds is 5. The summed E-state index contributed by atoms with van der Waals surface area (Å²) in [5, 5.41) is 14.7. The van der Waals surface area contributed by atoms with Gasteiger partial charge in [-0.05, 0) is 46.3 Å². The van der Waals surface area contributed by atoms with Gasteiger partial charge in [-0.25, -0.2) is 0 Å². The van der Waals surface area contributed by atoms with Crippen LogP contribution in [0.4, 0.5) is 0 Å². The smallest absolute Gasteiger partial charge is 0.150 e. The number of likely N-dealkylation sites (N-methyl/N-ethyl adjacent to an activating group) is 1. The Hall–Kier alpha value is -0.910. The van der Waals surface area contributed by atoms with E-state index in [9.17, 15) is 5.11 Å². The highest BCUT2D eigenvalue weighted by Gasteiger charge is 2.30. The van der Waals surface area contributed by atoms with E-state index in [1.165, 1.54) is 0 Å². The van der Waals surface area contributed by atoms with Gasteiger partial charge in [-0.3, -0.25) is 4.90 Å². The summed E-state index contributed by atoms with van der Waals surface area (Å²) >= 11 is 0. The summed E-state index contributed by atoms with van der Waals surface area (Å²) < 4.78 is 5.35. The molecular weight excluding hydrogens is 254 g/mol. The van der Waals surface area contributed by atoms with Crippen molar-refractivity contribution in [3.8, 4) is 0 Å². The van der Waals surface area contributed by atoms with Crippen molar-refractivity contribution in [1.82, 2.24) is 15.0 Å². The lowest BCUT2D eigenvalue weighted by Gasteiger charge is -2.29. The molecule has 1 aliphatic heterocycles. The molecule has 1 aromatic rings. The molecule has 20 heavy (non-hydrogen) atoms. The Morgan fingerprint density at radius 3 is 2.85 bits per heavy atom. The van der Waals surface area contributed by atoms with Crippen molar-refractivity contribution in [2.75, 3.05) is 33.7 Å². The van der Waals surface area contributed by atoms with Crippen LogP contribution in [0.5, 0.6) is 0 Å². The van der Waals surface area contributed by atoms with Gasteiger partial charge in [0.2, 0.25) is 0 Å². The number of hydrogen-bond donors (Lipinski definition) is 1. The van der Waals surface area contributed by atoms with E-state index in [1.807, 2.05) is 20.2 Å². The number of aliphatic hydroxyl groups is 1. The fourth-order valence-corrected chi connectivity index (χ4v) is 2.96. The largest absolute Gasteiger partial charge is 0.389 e. The Kier molecular flexibility index (Phi) is 5.18. The lowest BCUT2D eigenvalue weighted by Crippen LogP contribution is -2.40. The SMILES string of the molecule is CCc1cc(CN2CCC[C@@](O)(CN(C)C)CC2)on1. The van der Waals surface area contributed by atoms with Gasteiger partial charge in [-0.2, -0.15) is 0 Å². The molecule has 5 nitrogen and oxygen atoms in total. The molecule has 5 heteroatoms. The van der Waals surface area contributed by atoms with Gasteiger partial charge in [0.15, 0.2) is 5.76 Å². The maximum atomic E-state index is 10.6. The molecule has 0 spiro atoms. The van der Waals surface area contributed by atoms with Crippen LogP contribution in [0, 0.1) is 0 Å². The number of hydrogen-bond acceptors (Lipinski definition) is 5. The van der Waals surface area contributed by atoms with Crippen LogP contribution in [0.1, 0.15) is 37.6 Å². The Bertz CT molecular complexity index is 419. The molecule has 1 N–H and O–H groups in total. The van der Waals surface area contributed by atoms with Gasteiger partial charge in [-0.1, -0.05) is 12.1 Å². The average Bonchev–Trinajstić information content (AvgIpc) is 2.75. The predicted octanol–water partition coefficient (Wildman–Crippen LogP) is 1.52. The van der Waals surface area contributed by atoms with E-state index in [0.29, 0.717) is 0 Å². The number of aryl methyl sites for hydroxylation is 1. The van der Waals surface area contributed by atoms with Crippen LogP contribution in [0.25, 0.3) is 0 Å². The third-order valence-electron chi connectivity index (χ3n) is 3.97. The minimum Gasteiger partial charge on any atom is -0.389 e. The first-order valence-corrected chi connectivity index (χ1v) is 7.55. The van der Waals surface area contributed by atoms with E-state index in [0.717, 1.165) is 63.3 Å². The van der Waals surface area contributed by atoms with E-state index in [-0.39, 0.29) is 0 Å². The summed E-state index contributed by atoms with van der Waals surface area (Å²) in [5.41, 5.74) is 0.466. The number of nitrogens with zero attached hydrogens (tertiary/aromatic N) is 3. The standard InChI is InChI=1S/C15H27N3O2/c1-4-13-10-14(20-16-13)11-18-8-5-6-15(19,7-9-18)12-17(2)3/h10,19H,4-9,11-12H2,1-3H3/t15-/m0/s1. The van der Waals surface area contributed by atoms with Crippen LogP contribution < -0.4 is 0 Å². The Morgan fingerprint density at radius 2 is 2.20 bits per heavy atom. The second-order valence-electron chi connectivity index (χ2n) is 6.23. The lowest BCUT2D eigenvalue weighted by molar-refractivity contribution is 0.00241. The van der Waals surface area contributed by atoms with E-state index in [4.69, 9.17) is 4.52 Å². The molecule has 1 fully saturated rings. The summed E-state index contributed by atoms with van der Waals surface area (Å²) in [4.78, 5) is 4.42. The molecule has 2 heterocycles. The van der Waals surface area contributed by atoms with Gasteiger partial charge in [0.05, 0.1) is 17.8 Å². The molecule has 0 aliphatic carbocycles. The molecule has 2 rings (SSSR count). The van der Waals surface area contributed by atoms with Crippen molar-refractivity contribution in [1.29, 1.82) is 0 Å². The fraction of sp³-hybridized carbons (Fsp3) is 0.800. The van der Waals surface area contributed by atoms with Crippen molar-refractivity contribution in [2.24, 2.45) is 0 Å². The molecule has 1 saturated heterocycles. The van der Waals surface area contributed by atoms with Gasteiger partial charge < -0.3 is 14.5 Å². The monoisotopic (exact) mass is 281 g/mol. The molecule has 114 valence electrons. The van der Waals surface area contributed by atoms with Crippen molar-refractivity contribution in [2.45, 2.75) is 44.8 Å². The predicted molar refractivity (Wildman–Crippen MR) is 78.5 cm³/mol. The number of likely N-dealkylation sites (tertiary alicyclic amines) is 1. The van der Waals surface area contributed by atoms with E-state index >= 15 is 0 Å². The quantitative estimate of drug-likeness (QED) is 0.887. The molecule has 1 aliphatic rings. The van der Waals surface area contributed by atoms with Crippen LogP contribution in [0.2, 0.25) is 0 Å². The zero-order valence-electron chi connectivity index (χ0n) is 12.9. The zero-order chi connectivity index (χ0) is 14.6. The molecule has 0 radical (unpaired) electrons. The third kappa shape index (κ3) is 4.30. The summed E-state index contributed by atoms with van der Waals surface area (Å²) in [7, 11) is 4.03. The summed E-state index contributed by atoms with van der Waals surface area (Å²) in [6, 6.07) is 2.04. The van der Waals surface area contributed by atoms with Crippen molar-refractivity contribution >= 4 is 0 Å². The maximum absolute atomic E-state index is 10.6. The molecule has 0 saturated carbocycles. The minimum absolute atomic E-state index is 0.547. The Labute approximate surface area is 121 Å². The second-order valence-corrected chi connectivity index (χ2v) is 6.23. The number of aromatic nitrogens is 1. The van der Waals surface area contributed by atoms with Crippen LogP contribution in [-0.2, 0) is 13.0 Å². The highest BCUT2D eigenvalue weighted by atomic mass is 16.5. The second kappa shape index (κ2) is 6.70. The average molecular weight is 281 g/mol. The third-order valence-corrected chi connectivity index (χ3v) is 3.97. The van der Waals surface area contributed by atoms with Crippen LogP contribution in [0.3, 0.4) is 0 Å². The minimum atomic E-state index is -0.547. The van der Waals surface area contributed by atoms with Crippen LogP contribution >= 0.6 is 0 Å². The van der Waals surface area contributed by atoms with Gasteiger partial charge in [-0.15, -0.1) is 0 Å². The van der Waals surface area contributed by atoms with Crippen molar-refractivity contribution in [3.63, 3.8) is 0 Å². The van der Waals surface area contributed by atoms with Crippen molar-refractivity contribution < 1.29 is 9.63 Å². The van der Waals surface area contributed by atoms with E-state index in [2.05, 4.69) is 21.9 Å². The molecule has 0 unspecified atom stereocenters. The Balaban J connectivity index is 1.89. The van der Waals surface area contributed by atoms with Gasteiger partial charge in [0.1, 0.15) is 0 Å². The highest BCUT2D eigenvalue weighted by molar-refractivity contribution is 5.05. The summed E-state index contributed by atoms with van der Waals surface area (Å²) in [6.07, 6.45) is 3.63. The normalized spacial score (nSPS) is 25.1. The van der Waals surface area contributed by atoms with Gasteiger partial charge in [0, 0.05) is 19.2 Å². The molecular formula is C15H27N3O2. The summed E-state index contributed by atoms with van der Waals surface area (Å²) in [5.74, 6) is 0.930. The Morgan fingerprint density at radius 1 is 1.40 bits per heavy atom. The first-order valence-electron chi connectivity index (χ1n) is 7.55. The van der Waals surface area contributed by atoms with Gasteiger partial charge >= 0.3 is 0 Å². The fourth-order valence-electron chi connectivity index (χ4n) is 2.96.